The van der Waals surface area contributed by atoms with Gasteiger partial charge in [-0.2, -0.15) is 0 Å². The molecule has 2 rings (SSSR count). The molecule has 2 aromatic carbocycles. The molecule has 0 unspecified atom stereocenters. The summed E-state index contributed by atoms with van der Waals surface area (Å²) in [7, 11) is -1.84. The summed E-state index contributed by atoms with van der Waals surface area (Å²) >= 11 is 5.94. The van der Waals surface area contributed by atoms with Gasteiger partial charge in [0.1, 0.15) is 0 Å². The Morgan fingerprint density at radius 2 is 1.79 bits per heavy atom. The maximum atomic E-state index is 12.3. The molecule has 0 aliphatic heterocycles. The molecule has 1 N–H and O–H groups in total. The maximum Gasteiger partial charge on any atom is 0.255 e. The topological polar surface area (TPSA) is 66.5 Å². The van der Waals surface area contributed by atoms with Crippen molar-refractivity contribution in [2.75, 3.05) is 22.4 Å². The number of rotatable bonds is 5. The highest BCUT2D eigenvalue weighted by Gasteiger charge is 2.16. The maximum absolute atomic E-state index is 12.3. The Morgan fingerprint density at radius 3 is 2.38 bits per heavy atom. The van der Waals surface area contributed by atoms with Crippen molar-refractivity contribution >= 4 is 38.9 Å². The second-order valence-corrected chi connectivity index (χ2v) is 8.05. The Hall–Kier alpha value is -2.05. The third-order valence-electron chi connectivity index (χ3n) is 3.72. The first-order valence-corrected chi connectivity index (χ1v) is 9.37. The summed E-state index contributed by atoms with van der Waals surface area (Å²) in [5.41, 5.74) is 2.48. The Labute approximate surface area is 147 Å². The normalized spacial score (nSPS) is 11.2. The molecule has 0 aliphatic rings. The molecule has 0 atom stereocenters. The van der Waals surface area contributed by atoms with Gasteiger partial charge in [0, 0.05) is 23.3 Å². The second-order valence-electron chi connectivity index (χ2n) is 5.33. The molecule has 0 heterocycles. The van der Waals surface area contributed by atoms with Gasteiger partial charge in [-0.05, 0) is 55.8 Å². The lowest BCUT2D eigenvalue weighted by atomic mass is 10.1. The molecular formula is C17H19ClN2O3S. The van der Waals surface area contributed by atoms with Crippen LogP contribution in [0.4, 0.5) is 11.4 Å². The van der Waals surface area contributed by atoms with E-state index < -0.39 is 10.0 Å². The molecule has 0 aliphatic carbocycles. The zero-order chi connectivity index (χ0) is 17.9. The van der Waals surface area contributed by atoms with Crippen molar-refractivity contribution in [1.29, 1.82) is 0 Å². The number of nitrogens with one attached hydrogen (secondary N) is 1. The molecule has 24 heavy (non-hydrogen) atoms. The first-order chi connectivity index (χ1) is 11.2. The molecular weight excluding hydrogens is 348 g/mol. The number of anilines is 2. The van der Waals surface area contributed by atoms with Crippen LogP contribution in [-0.4, -0.2) is 27.1 Å². The number of carbonyl (C=O) groups excluding carboxylic acids is 1. The molecule has 0 radical (unpaired) electrons. The Morgan fingerprint density at radius 1 is 1.17 bits per heavy atom. The monoisotopic (exact) mass is 366 g/mol. The van der Waals surface area contributed by atoms with Crippen molar-refractivity contribution in [3.63, 3.8) is 0 Å². The van der Waals surface area contributed by atoms with Crippen LogP contribution in [-0.2, 0) is 10.0 Å². The van der Waals surface area contributed by atoms with Crippen LogP contribution in [0.1, 0.15) is 22.8 Å². The summed E-state index contributed by atoms with van der Waals surface area (Å²) in [6, 6.07) is 11.7. The smallest absolute Gasteiger partial charge is 0.255 e. The quantitative estimate of drug-likeness (QED) is 0.877. The fourth-order valence-electron chi connectivity index (χ4n) is 2.10. The molecule has 128 valence electrons. The number of nitrogens with zero attached hydrogens (tertiary/aromatic N) is 1. The molecule has 1 amide bonds. The highest BCUT2D eigenvalue weighted by Crippen LogP contribution is 2.22. The predicted molar refractivity (Wildman–Crippen MR) is 98.4 cm³/mol. The van der Waals surface area contributed by atoms with Crippen LogP contribution in [0.25, 0.3) is 0 Å². The predicted octanol–water partition coefficient (Wildman–Crippen LogP) is 3.69. The number of aryl methyl sites for hydroxylation is 1. The van der Waals surface area contributed by atoms with Crippen LogP contribution in [0, 0.1) is 6.92 Å². The average molecular weight is 367 g/mol. The zero-order valence-corrected chi connectivity index (χ0v) is 15.3. The van der Waals surface area contributed by atoms with E-state index >= 15 is 0 Å². The van der Waals surface area contributed by atoms with E-state index in [1.165, 1.54) is 11.4 Å². The number of hydrogen-bond acceptors (Lipinski definition) is 3. The third kappa shape index (κ3) is 4.07. The first-order valence-electron chi connectivity index (χ1n) is 7.39. The summed E-state index contributed by atoms with van der Waals surface area (Å²) in [6.07, 6.45) is 0. The van der Waals surface area contributed by atoms with E-state index in [1.54, 1.807) is 43.3 Å². The van der Waals surface area contributed by atoms with E-state index in [2.05, 4.69) is 5.32 Å². The minimum absolute atomic E-state index is 0.0137. The van der Waals surface area contributed by atoms with Crippen LogP contribution in [0.2, 0.25) is 5.02 Å². The van der Waals surface area contributed by atoms with E-state index in [0.29, 0.717) is 22.0 Å². The Kier molecular flexibility index (Phi) is 5.51. The van der Waals surface area contributed by atoms with Gasteiger partial charge >= 0.3 is 0 Å². The van der Waals surface area contributed by atoms with Gasteiger partial charge in [-0.25, -0.2) is 8.42 Å². The summed E-state index contributed by atoms with van der Waals surface area (Å²) < 4.78 is 24.9. The standard InChI is InChI=1S/C17H19ClN2O3S/c1-4-24(22,23)20(3)15-9-6-13(7-10-15)17(21)19-16-11-14(18)8-5-12(16)2/h5-11H,4H2,1-3H3,(H,19,21). The highest BCUT2D eigenvalue weighted by atomic mass is 35.5. The van der Waals surface area contributed by atoms with E-state index in [4.69, 9.17) is 11.6 Å². The second kappa shape index (κ2) is 7.23. The molecule has 7 heteroatoms. The largest absolute Gasteiger partial charge is 0.322 e. The lowest BCUT2D eigenvalue weighted by Crippen LogP contribution is -2.28. The number of amides is 1. The Bertz CT molecular complexity index is 849. The van der Waals surface area contributed by atoms with Crippen molar-refractivity contribution in [2.24, 2.45) is 0 Å². The van der Waals surface area contributed by atoms with Gasteiger partial charge in [0.2, 0.25) is 10.0 Å². The average Bonchev–Trinajstić information content (AvgIpc) is 2.57. The highest BCUT2D eigenvalue weighted by molar-refractivity contribution is 7.92. The third-order valence-corrected chi connectivity index (χ3v) is 5.73. The SMILES string of the molecule is CCS(=O)(=O)N(C)c1ccc(C(=O)Nc2cc(Cl)ccc2C)cc1. The van der Waals surface area contributed by atoms with Gasteiger partial charge in [0.25, 0.3) is 5.91 Å². The molecule has 0 spiro atoms. The number of benzene rings is 2. The van der Waals surface area contributed by atoms with Crippen LogP contribution in [0.15, 0.2) is 42.5 Å². The van der Waals surface area contributed by atoms with E-state index in [0.717, 1.165) is 5.56 Å². The van der Waals surface area contributed by atoms with Crippen LogP contribution in [0.3, 0.4) is 0 Å². The number of hydrogen-bond donors (Lipinski definition) is 1. The number of carbonyl (C=O) groups is 1. The van der Waals surface area contributed by atoms with Gasteiger partial charge in [0.05, 0.1) is 11.4 Å². The summed E-state index contributed by atoms with van der Waals surface area (Å²) in [5.74, 6) is -0.271. The van der Waals surface area contributed by atoms with Crippen molar-refractivity contribution in [3.8, 4) is 0 Å². The van der Waals surface area contributed by atoms with Crippen molar-refractivity contribution < 1.29 is 13.2 Å². The first kappa shape index (κ1) is 18.3. The van der Waals surface area contributed by atoms with Crippen LogP contribution < -0.4 is 9.62 Å². The Balaban J connectivity index is 2.19. The lowest BCUT2D eigenvalue weighted by Gasteiger charge is -2.18. The summed E-state index contributed by atoms with van der Waals surface area (Å²) in [4.78, 5) is 12.3. The van der Waals surface area contributed by atoms with E-state index in [9.17, 15) is 13.2 Å². The number of halogens is 1. The van der Waals surface area contributed by atoms with Crippen molar-refractivity contribution in [2.45, 2.75) is 13.8 Å². The minimum atomic E-state index is -3.33. The molecule has 0 bridgehead atoms. The molecule has 0 saturated carbocycles. The molecule has 0 saturated heterocycles. The van der Waals surface area contributed by atoms with Crippen molar-refractivity contribution in [1.82, 2.24) is 0 Å². The minimum Gasteiger partial charge on any atom is -0.322 e. The molecule has 0 aromatic heterocycles. The molecule has 2 aromatic rings. The van der Waals surface area contributed by atoms with E-state index in [1.807, 2.05) is 13.0 Å². The van der Waals surface area contributed by atoms with Crippen LogP contribution >= 0.6 is 11.6 Å². The van der Waals surface area contributed by atoms with Gasteiger partial charge < -0.3 is 5.32 Å². The van der Waals surface area contributed by atoms with Gasteiger partial charge in [0.15, 0.2) is 0 Å². The van der Waals surface area contributed by atoms with Crippen LogP contribution in [0.5, 0.6) is 0 Å². The van der Waals surface area contributed by atoms with Gasteiger partial charge in [-0.15, -0.1) is 0 Å². The molecule has 5 nitrogen and oxygen atoms in total. The molecule has 0 fully saturated rings. The lowest BCUT2D eigenvalue weighted by molar-refractivity contribution is 0.102. The summed E-state index contributed by atoms with van der Waals surface area (Å²) in [6.45, 7) is 3.46. The zero-order valence-electron chi connectivity index (χ0n) is 13.7. The van der Waals surface area contributed by atoms with Gasteiger partial charge in [-0.3, -0.25) is 9.10 Å². The fourth-order valence-corrected chi connectivity index (χ4v) is 3.10. The fraction of sp³-hybridized carbons (Fsp3) is 0.235. The summed E-state index contributed by atoms with van der Waals surface area (Å²) in [5, 5.41) is 3.34. The number of sulfonamides is 1. The van der Waals surface area contributed by atoms with Gasteiger partial charge in [-0.1, -0.05) is 17.7 Å². The van der Waals surface area contributed by atoms with E-state index in [-0.39, 0.29) is 11.7 Å². The van der Waals surface area contributed by atoms with Crippen molar-refractivity contribution in [3.05, 3.63) is 58.6 Å².